The third-order valence-electron chi connectivity index (χ3n) is 2.88. The monoisotopic (exact) mass is 379 g/mol. The van der Waals surface area contributed by atoms with Crippen LogP contribution in [0.4, 0.5) is 0 Å². The Bertz CT molecular complexity index is 603. The van der Waals surface area contributed by atoms with Crippen molar-refractivity contribution in [3.8, 4) is 0 Å². The normalized spacial score (nSPS) is 13.1. The van der Waals surface area contributed by atoms with Gasteiger partial charge in [0.15, 0.2) is 0 Å². The zero-order valence-electron chi connectivity index (χ0n) is 11.8. The van der Waals surface area contributed by atoms with Gasteiger partial charge in [0.1, 0.15) is 6.04 Å². The van der Waals surface area contributed by atoms with Crippen molar-refractivity contribution in [2.24, 2.45) is 0 Å². The fraction of sp³-hybridized carbons (Fsp3) is 0.462. The molecule has 0 spiro atoms. The number of carboxylic acids is 1. The van der Waals surface area contributed by atoms with E-state index in [1.54, 1.807) is 13.0 Å². The summed E-state index contributed by atoms with van der Waals surface area (Å²) in [7, 11) is -2.37. The minimum absolute atomic E-state index is 0.0428. The van der Waals surface area contributed by atoms with Gasteiger partial charge in [-0.05, 0) is 43.5 Å². The van der Waals surface area contributed by atoms with Gasteiger partial charge < -0.3 is 9.84 Å². The number of aryl methyl sites for hydroxylation is 1. The fourth-order valence-corrected chi connectivity index (χ4v) is 3.26. The van der Waals surface area contributed by atoms with E-state index in [9.17, 15) is 13.2 Å². The molecule has 1 aromatic carbocycles. The van der Waals surface area contributed by atoms with Gasteiger partial charge >= 0.3 is 5.97 Å². The van der Waals surface area contributed by atoms with Crippen LogP contribution in [0.1, 0.15) is 18.4 Å². The number of methoxy groups -OCH3 is 1. The van der Waals surface area contributed by atoms with E-state index in [4.69, 9.17) is 9.84 Å². The van der Waals surface area contributed by atoms with E-state index in [0.717, 1.165) is 10.0 Å². The molecule has 1 unspecified atom stereocenters. The molecular weight excluding hydrogens is 362 g/mol. The third kappa shape index (κ3) is 5.39. The summed E-state index contributed by atoms with van der Waals surface area (Å²) in [5, 5.41) is 9.11. The molecule has 0 amide bonds. The lowest BCUT2D eigenvalue weighted by Crippen LogP contribution is -2.40. The number of ether oxygens (including phenoxy) is 1. The number of halogens is 1. The molecule has 0 radical (unpaired) electrons. The van der Waals surface area contributed by atoms with E-state index in [1.165, 1.54) is 19.2 Å². The van der Waals surface area contributed by atoms with E-state index < -0.39 is 22.0 Å². The first-order valence-corrected chi connectivity index (χ1v) is 8.56. The quantitative estimate of drug-likeness (QED) is 0.673. The van der Waals surface area contributed by atoms with E-state index in [-0.39, 0.29) is 11.3 Å². The number of nitrogens with one attached hydrogen (secondary N) is 1. The lowest BCUT2D eigenvalue weighted by Gasteiger charge is -2.15. The molecule has 2 N–H and O–H groups in total. The maximum Gasteiger partial charge on any atom is 0.321 e. The SMILES string of the molecule is COCCCC(NS(=O)(=O)c1ccc(Br)c(C)c1)C(=O)O. The maximum absolute atomic E-state index is 12.2. The average molecular weight is 380 g/mol. The van der Waals surface area contributed by atoms with Crippen molar-refractivity contribution in [3.05, 3.63) is 28.2 Å². The molecular formula is C13H18BrNO5S. The number of aliphatic carboxylic acids is 1. The molecule has 0 aromatic heterocycles. The van der Waals surface area contributed by atoms with Gasteiger partial charge in [-0.25, -0.2) is 8.42 Å². The maximum atomic E-state index is 12.2. The summed E-state index contributed by atoms with van der Waals surface area (Å²) in [4.78, 5) is 11.2. The van der Waals surface area contributed by atoms with Crippen LogP contribution in [-0.4, -0.2) is 39.3 Å². The Hall–Kier alpha value is -0.960. The van der Waals surface area contributed by atoms with Gasteiger partial charge in [-0.3, -0.25) is 4.79 Å². The number of hydrogen-bond donors (Lipinski definition) is 2. The lowest BCUT2D eigenvalue weighted by atomic mass is 10.2. The molecule has 0 aliphatic carbocycles. The topological polar surface area (TPSA) is 92.7 Å². The molecule has 0 bridgehead atoms. The fourth-order valence-electron chi connectivity index (χ4n) is 1.70. The second-order valence-corrected chi connectivity index (χ2v) is 7.13. The van der Waals surface area contributed by atoms with E-state index in [0.29, 0.717) is 13.0 Å². The molecule has 0 aliphatic heterocycles. The van der Waals surface area contributed by atoms with Gasteiger partial charge in [-0.2, -0.15) is 4.72 Å². The Balaban J connectivity index is 2.89. The van der Waals surface area contributed by atoms with Crippen molar-refractivity contribution in [2.45, 2.75) is 30.7 Å². The molecule has 8 heteroatoms. The van der Waals surface area contributed by atoms with Gasteiger partial charge in [0.2, 0.25) is 10.0 Å². The van der Waals surface area contributed by atoms with Gasteiger partial charge in [-0.1, -0.05) is 15.9 Å². The van der Waals surface area contributed by atoms with Crippen LogP contribution in [0.25, 0.3) is 0 Å². The predicted octanol–water partition coefficient (Wildman–Crippen LogP) is 1.92. The molecule has 1 atom stereocenters. The first-order chi connectivity index (χ1) is 9.77. The summed E-state index contributed by atoms with van der Waals surface area (Å²) in [6.07, 6.45) is 0.618. The Morgan fingerprint density at radius 3 is 2.67 bits per heavy atom. The highest BCUT2D eigenvalue weighted by molar-refractivity contribution is 9.10. The van der Waals surface area contributed by atoms with E-state index in [1.807, 2.05) is 0 Å². The summed E-state index contributed by atoms with van der Waals surface area (Å²) in [6.45, 7) is 2.14. The van der Waals surface area contributed by atoms with Crippen LogP contribution in [0.5, 0.6) is 0 Å². The molecule has 0 aliphatic rings. The second kappa shape index (κ2) is 7.88. The van der Waals surface area contributed by atoms with Crippen molar-refractivity contribution >= 4 is 31.9 Å². The molecule has 21 heavy (non-hydrogen) atoms. The van der Waals surface area contributed by atoms with E-state index in [2.05, 4.69) is 20.7 Å². The molecule has 6 nitrogen and oxygen atoms in total. The molecule has 0 heterocycles. The molecule has 1 rings (SSSR count). The number of carbonyl (C=O) groups is 1. The van der Waals surface area contributed by atoms with Crippen LogP contribution in [0, 0.1) is 6.92 Å². The van der Waals surface area contributed by atoms with Crippen molar-refractivity contribution in [3.63, 3.8) is 0 Å². The minimum atomic E-state index is -3.87. The number of benzene rings is 1. The van der Waals surface area contributed by atoms with Gasteiger partial charge in [0.05, 0.1) is 4.90 Å². The van der Waals surface area contributed by atoms with Gasteiger partial charge in [0, 0.05) is 18.2 Å². The van der Waals surface area contributed by atoms with Crippen molar-refractivity contribution in [2.75, 3.05) is 13.7 Å². The van der Waals surface area contributed by atoms with Crippen molar-refractivity contribution in [1.29, 1.82) is 0 Å². The van der Waals surface area contributed by atoms with Crippen LogP contribution in [-0.2, 0) is 19.6 Å². The largest absolute Gasteiger partial charge is 0.480 e. The summed E-state index contributed by atoms with van der Waals surface area (Å²) in [6, 6.07) is 3.35. The Morgan fingerprint density at radius 1 is 1.48 bits per heavy atom. The zero-order chi connectivity index (χ0) is 16.0. The van der Waals surface area contributed by atoms with Crippen LogP contribution < -0.4 is 4.72 Å². The van der Waals surface area contributed by atoms with Gasteiger partial charge in [-0.15, -0.1) is 0 Å². The number of carboxylic acid groups (broad SMARTS) is 1. The van der Waals surface area contributed by atoms with Gasteiger partial charge in [0.25, 0.3) is 0 Å². The smallest absolute Gasteiger partial charge is 0.321 e. The Morgan fingerprint density at radius 2 is 2.14 bits per heavy atom. The standard InChI is InChI=1S/C13H18BrNO5S/c1-9-8-10(5-6-11(9)14)21(18,19)15-12(13(16)17)4-3-7-20-2/h5-6,8,12,15H,3-4,7H2,1-2H3,(H,16,17). The van der Waals surface area contributed by atoms with E-state index >= 15 is 0 Å². The number of rotatable bonds is 8. The average Bonchev–Trinajstić information content (AvgIpc) is 2.40. The van der Waals surface area contributed by atoms with Crippen molar-refractivity contribution < 1.29 is 23.1 Å². The highest BCUT2D eigenvalue weighted by Crippen LogP contribution is 2.20. The van der Waals surface area contributed by atoms with Crippen LogP contribution in [0.2, 0.25) is 0 Å². The van der Waals surface area contributed by atoms with Crippen molar-refractivity contribution in [1.82, 2.24) is 4.72 Å². The third-order valence-corrected chi connectivity index (χ3v) is 5.24. The summed E-state index contributed by atoms with van der Waals surface area (Å²) in [5.74, 6) is -1.21. The molecule has 0 saturated carbocycles. The van der Waals surface area contributed by atoms with Crippen LogP contribution in [0.15, 0.2) is 27.6 Å². The summed E-state index contributed by atoms with van der Waals surface area (Å²) < 4.78 is 32.3. The lowest BCUT2D eigenvalue weighted by molar-refractivity contribution is -0.139. The first kappa shape index (κ1) is 18.1. The highest BCUT2D eigenvalue weighted by Gasteiger charge is 2.25. The molecule has 0 fully saturated rings. The number of sulfonamides is 1. The molecule has 0 saturated heterocycles. The summed E-state index contributed by atoms with van der Waals surface area (Å²) >= 11 is 3.29. The number of hydrogen-bond acceptors (Lipinski definition) is 4. The van der Waals surface area contributed by atoms with Crippen LogP contribution in [0.3, 0.4) is 0 Å². The highest BCUT2D eigenvalue weighted by atomic mass is 79.9. The first-order valence-electron chi connectivity index (χ1n) is 6.28. The molecule has 1 aromatic rings. The second-order valence-electron chi connectivity index (χ2n) is 4.56. The minimum Gasteiger partial charge on any atom is -0.480 e. The zero-order valence-corrected chi connectivity index (χ0v) is 14.2. The Kier molecular flexibility index (Phi) is 6.79. The summed E-state index contributed by atoms with van der Waals surface area (Å²) in [5.41, 5.74) is 0.754. The predicted molar refractivity (Wildman–Crippen MR) is 81.7 cm³/mol. The molecule has 118 valence electrons. The van der Waals surface area contributed by atoms with Crippen LogP contribution >= 0.6 is 15.9 Å². The Labute approximate surface area is 132 Å².